The molecule has 0 unspecified atom stereocenters. The van der Waals surface area contributed by atoms with Gasteiger partial charge >= 0.3 is 0 Å². The summed E-state index contributed by atoms with van der Waals surface area (Å²) in [6.07, 6.45) is 13.7. The van der Waals surface area contributed by atoms with Crippen molar-refractivity contribution in [1.82, 2.24) is 45.0 Å². The number of benzene rings is 6. The Balaban J connectivity index is 0.660. The van der Waals surface area contributed by atoms with Crippen LogP contribution < -0.4 is 31.9 Å². The van der Waals surface area contributed by atoms with Crippen molar-refractivity contribution in [3.63, 3.8) is 0 Å². The molecule has 0 saturated carbocycles. The van der Waals surface area contributed by atoms with Gasteiger partial charge in [0, 0.05) is 129 Å². The fraction of sp³-hybridized carbons (Fsp3) is 0.111. The van der Waals surface area contributed by atoms with Gasteiger partial charge in [0.15, 0.2) is 0 Å². The average molecular weight is 1110 g/mol. The first-order chi connectivity index (χ1) is 39.8. The number of aromatic nitrogens is 6. The first kappa shape index (κ1) is 55.1. The number of nitrogens with one attached hydrogen (secondary N) is 8. The van der Waals surface area contributed by atoms with Crippen molar-refractivity contribution < 1.29 is 19.2 Å². The Morgan fingerprint density at radius 1 is 0.561 bits per heavy atom. The lowest BCUT2D eigenvalue weighted by atomic mass is 10.1. The molecule has 0 radical (unpaired) electrons. The molecule has 0 aliphatic heterocycles. The molecule has 6 aromatic carbocycles. The number of H-pyrrole nitrogens is 2. The van der Waals surface area contributed by atoms with Crippen LogP contribution in [0.25, 0.3) is 44.3 Å². The molecule has 0 aliphatic rings. The summed E-state index contributed by atoms with van der Waals surface area (Å²) in [5.74, 6) is -0.314. The number of para-hydroxylation sites is 1. The van der Waals surface area contributed by atoms with Gasteiger partial charge in [-0.2, -0.15) is 0 Å². The molecule has 10 aromatic rings. The molecule has 82 heavy (non-hydrogen) atoms. The van der Waals surface area contributed by atoms with Crippen LogP contribution >= 0.6 is 11.6 Å². The fourth-order valence-electron chi connectivity index (χ4n) is 8.95. The molecule has 4 aromatic heterocycles. The molecule has 410 valence electrons. The largest absolute Gasteiger partial charge is 0.360 e. The number of nitrogens with zero attached hydrogens (tertiary/aromatic N) is 6. The zero-order valence-corrected chi connectivity index (χ0v) is 45.8. The lowest BCUT2D eigenvalue weighted by Gasteiger charge is -2.14. The van der Waals surface area contributed by atoms with Crippen LogP contribution in [0.15, 0.2) is 195 Å². The van der Waals surface area contributed by atoms with Crippen LogP contribution in [0.1, 0.15) is 31.8 Å². The standard InChI is InChI=1S/C63H57ClN14O4/c1-77(2)30-8-17-58(80)70-44-25-23-43(24-26-44)61(82)72-45-10-6-12-47(33-45)73-62-65-29-28-55(75-62)51-36-67-56-32-41(20-27-50(51)56)39-78(3)31-9-16-57(79)68-35-40-18-21-42(22-19-40)60(81)71-46-11-7-13-48(34-46)74-63-69-38-53(64)59(76-63)52-37-66-54-15-5-4-14-49(52)54/h4-29,32-34,36-38,66-67H,30-31,35,39H2,1-3H3,(H,68,79)(H,70,80)(H,71,81)(H,72,82)(H,65,73,75)(H,69,74,76)/b16-9+,17-8+. The summed E-state index contributed by atoms with van der Waals surface area (Å²) in [4.78, 5) is 80.4. The maximum absolute atomic E-state index is 13.3. The van der Waals surface area contributed by atoms with E-state index in [0.717, 1.165) is 49.8 Å². The normalized spacial score (nSPS) is 11.4. The SMILES string of the molecule is CN(C)C/C=C/C(=O)Nc1ccc(C(=O)Nc2cccc(Nc3nccc(-c4c[nH]c5cc(CN(C)C/C=C/C(=O)NCc6ccc(C(=O)Nc7cccc(Nc8ncc(Cl)c(-c9c[nH]c%10ccccc9%10)n8)c7)cc6)ccc45)n3)c2)cc1. The summed E-state index contributed by atoms with van der Waals surface area (Å²) in [6, 6.07) is 44.3. The number of anilines is 7. The van der Waals surface area contributed by atoms with Crippen LogP contribution in [-0.2, 0) is 22.7 Å². The summed E-state index contributed by atoms with van der Waals surface area (Å²) in [7, 11) is 5.84. The third kappa shape index (κ3) is 14.3. The molecule has 19 heteroatoms. The fourth-order valence-corrected chi connectivity index (χ4v) is 9.14. The molecule has 0 saturated heterocycles. The molecule has 0 atom stereocenters. The minimum absolute atomic E-state index is 0.226. The van der Waals surface area contributed by atoms with Gasteiger partial charge in [-0.3, -0.25) is 24.1 Å². The number of aromatic amines is 2. The Morgan fingerprint density at radius 3 is 1.89 bits per heavy atom. The highest BCUT2D eigenvalue weighted by Crippen LogP contribution is 2.34. The summed E-state index contributed by atoms with van der Waals surface area (Å²) in [6.45, 7) is 2.14. The Bertz CT molecular complexity index is 4000. The van der Waals surface area contributed by atoms with Gasteiger partial charge in [-0.15, -0.1) is 0 Å². The van der Waals surface area contributed by atoms with Crippen LogP contribution in [-0.4, -0.2) is 97.6 Å². The van der Waals surface area contributed by atoms with E-state index in [9.17, 15) is 19.2 Å². The van der Waals surface area contributed by atoms with Crippen molar-refractivity contribution in [3.8, 4) is 22.5 Å². The van der Waals surface area contributed by atoms with E-state index in [4.69, 9.17) is 21.6 Å². The number of halogens is 1. The topological polar surface area (TPSA) is 230 Å². The number of amides is 4. The van der Waals surface area contributed by atoms with E-state index in [2.05, 4.69) is 74.9 Å². The average Bonchev–Trinajstić information content (AvgIpc) is 4.23. The maximum atomic E-state index is 13.3. The summed E-state index contributed by atoms with van der Waals surface area (Å²) in [5.41, 5.74) is 11.0. The Morgan fingerprint density at radius 2 is 1.17 bits per heavy atom. The first-order valence-electron chi connectivity index (χ1n) is 26.2. The molecule has 0 fully saturated rings. The van der Waals surface area contributed by atoms with E-state index >= 15 is 0 Å². The van der Waals surface area contributed by atoms with Gasteiger partial charge in [0.1, 0.15) is 0 Å². The van der Waals surface area contributed by atoms with E-state index < -0.39 is 0 Å². The third-order valence-electron chi connectivity index (χ3n) is 13.0. The molecule has 4 amide bonds. The zero-order chi connectivity index (χ0) is 57.0. The van der Waals surface area contributed by atoms with Crippen molar-refractivity contribution in [2.75, 3.05) is 60.8 Å². The van der Waals surface area contributed by atoms with Crippen LogP contribution in [0.3, 0.4) is 0 Å². The lowest BCUT2D eigenvalue weighted by Crippen LogP contribution is -2.22. The highest BCUT2D eigenvalue weighted by Gasteiger charge is 2.16. The minimum Gasteiger partial charge on any atom is -0.360 e. The van der Waals surface area contributed by atoms with Crippen LogP contribution in [0.5, 0.6) is 0 Å². The highest BCUT2D eigenvalue weighted by atomic mass is 35.5. The number of rotatable bonds is 21. The lowest BCUT2D eigenvalue weighted by molar-refractivity contribution is -0.116. The highest BCUT2D eigenvalue weighted by molar-refractivity contribution is 6.33. The van der Waals surface area contributed by atoms with Crippen molar-refractivity contribution in [2.45, 2.75) is 13.1 Å². The van der Waals surface area contributed by atoms with Gasteiger partial charge < -0.3 is 46.8 Å². The molecular weight excluding hydrogens is 1050 g/mol. The maximum Gasteiger partial charge on any atom is 0.255 e. The van der Waals surface area contributed by atoms with E-state index in [1.54, 1.807) is 79.1 Å². The Labute approximate surface area is 477 Å². The van der Waals surface area contributed by atoms with Gasteiger partial charge in [0.2, 0.25) is 23.7 Å². The number of hydrogen-bond donors (Lipinski definition) is 8. The van der Waals surface area contributed by atoms with Gasteiger partial charge in [-0.1, -0.05) is 78.4 Å². The van der Waals surface area contributed by atoms with Crippen molar-refractivity contribution in [2.24, 2.45) is 0 Å². The summed E-state index contributed by atoms with van der Waals surface area (Å²) >= 11 is 6.54. The van der Waals surface area contributed by atoms with Crippen LogP contribution in [0, 0.1) is 0 Å². The van der Waals surface area contributed by atoms with Crippen LogP contribution in [0.2, 0.25) is 5.02 Å². The smallest absolute Gasteiger partial charge is 0.255 e. The van der Waals surface area contributed by atoms with E-state index in [1.807, 2.05) is 111 Å². The minimum atomic E-state index is -0.299. The predicted molar refractivity (Wildman–Crippen MR) is 326 cm³/mol. The Hall–Kier alpha value is -10.3. The molecule has 4 heterocycles. The molecule has 0 bridgehead atoms. The summed E-state index contributed by atoms with van der Waals surface area (Å²) < 4.78 is 0. The number of carbonyl (C=O) groups excluding carboxylic acids is 4. The van der Waals surface area contributed by atoms with E-state index in [1.165, 1.54) is 12.2 Å². The molecule has 10 rings (SSSR count). The number of carbonyl (C=O) groups is 4. The zero-order valence-electron chi connectivity index (χ0n) is 45.0. The van der Waals surface area contributed by atoms with E-state index in [0.29, 0.717) is 88.4 Å². The monoisotopic (exact) mass is 1110 g/mol. The predicted octanol–water partition coefficient (Wildman–Crippen LogP) is 11.6. The molecule has 18 nitrogen and oxygen atoms in total. The van der Waals surface area contributed by atoms with Gasteiger partial charge in [0.25, 0.3) is 11.8 Å². The van der Waals surface area contributed by atoms with Crippen LogP contribution in [0.4, 0.5) is 40.3 Å². The number of likely N-dealkylation sites (N-methyl/N-ethyl adjacent to an activating group) is 2. The third-order valence-corrected chi connectivity index (χ3v) is 13.3. The second-order valence-electron chi connectivity index (χ2n) is 19.6. The second-order valence-corrected chi connectivity index (χ2v) is 20.0. The summed E-state index contributed by atoms with van der Waals surface area (Å²) in [5, 5.41) is 20.5. The van der Waals surface area contributed by atoms with Crippen molar-refractivity contribution in [3.05, 3.63) is 222 Å². The number of fused-ring (bicyclic) bond motifs is 2. The first-order valence-corrected chi connectivity index (χ1v) is 26.6. The van der Waals surface area contributed by atoms with Crippen molar-refractivity contribution >= 4 is 97.4 Å². The molecular formula is C63H57ClN14O4. The quantitative estimate of drug-likeness (QED) is 0.0314. The molecule has 0 aliphatic carbocycles. The number of hydrogen-bond acceptors (Lipinski definition) is 12. The van der Waals surface area contributed by atoms with E-state index in [-0.39, 0.29) is 23.6 Å². The molecule has 0 spiro atoms. The van der Waals surface area contributed by atoms with Gasteiger partial charge in [-0.25, -0.2) is 19.9 Å². The Kier molecular flexibility index (Phi) is 17.2. The molecule has 8 N–H and O–H groups in total. The van der Waals surface area contributed by atoms with Gasteiger partial charge in [-0.05, 0) is 123 Å². The van der Waals surface area contributed by atoms with Gasteiger partial charge in [0.05, 0.1) is 22.6 Å². The second kappa shape index (κ2) is 25.7. The van der Waals surface area contributed by atoms with Crippen molar-refractivity contribution in [1.29, 1.82) is 0 Å².